The van der Waals surface area contributed by atoms with Crippen LogP contribution in [0.25, 0.3) is 0 Å². The first-order chi connectivity index (χ1) is 14.1. The van der Waals surface area contributed by atoms with Gasteiger partial charge in [0.2, 0.25) is 0 Å². The number of aliphatic carboxylic acids is 1. The number of unbranched alkanes of at least 4 members (excludes halogenated alkanes) is 10. The second-order valence-corrected chi connectivity index (χ2v) is 8.16. The third kappa shape index (κ3) is 14.3. The van der Waals surface area contributed by atoms with Crippen molar-refractivity contribution in [1.82, 2.24) is 0 Å². The van der Waals surface area contributed by atoms with Crippen LogP contribution in [0.2, 0.25) is 0 Å². The van der Waals surface area contributed by atoms with E-state index in [1.54, 1.807) is 0 Å². The summed E-state index contributed by atoms with van der Waals surface area (Å²) in [6, 6.07) is 9.91. The number of carboxylic acids is 1. The maximum atomic E-state index is 10.8. The van der Waals surface area contributed by atoms with E-state index in [2.05, 4.69) is 6.92 Å². The van der Waals surface area contributed by atoms with Crippen LogP contribution in [0.5, 0.6) is 0 Å². The molecule has 0 aliphatic rings. The minimum absolute atomic E-state index is 0.0232. The van der Waals surface area contributed by atoms with E-state index in [4.69, 9.17) is 9.84 Å². The minimum atomic E-state index is -0.874. The summed E-state index contributed by atoms with van der Waals surface area (Å²) in [7, 11) is 0. The molecular formula is C25H42O4. The number of aliphatic hydroxyl groups excluding tert-OH is 1. The van der Waals surface area contributed by atoms with Gasteiger partial charge in [-0.15, -0.1) is 0 Å². The molecule has 1 aromatic rings. The molecule has 0 aliphatic heterocycles. The number of ether oxygens (including phenoxy) is 1. The van der Waals surface area contributed by atoms with Crippen LogP contribution < -0.4 is 0 Å². The van der Waals surface area contributed by atoms with Crippen molar-refractivity contribution in [2.24, 2.45) is 0 Å². The van der Waals surface area contributed by atoms with Crippen molar-refractivity contribution in [3.63, 3.8) is 0 Å². The molecule has 0 aliphatic carbocycles. The van der Waals surface area contributed by atoms with E-state index in [9.17, 15) is 9.90 Å². The van der Waals surface area contributed by atoms with Gasteiger partial charge >= 0.3 is 5.97 Å². The summed E-state index contributed by atoms with van der Waals surface area (Å²) in [6.07, 6.45) is 14.1. The first-order valence-corrected chi connectivity index (χ1v) is 11.7. The normalized spacial score (nSPS) is 13.3. The van der Waals surface area contributed by atoms with Crippen molar-refractivity contribution >= 4 is 5.97 Å². The lowest BCUT2D eigenvalue weighted by Crippen LogP contribution is -2.29. The quantitative estimate of drug-likeness (QED) is 0.257. The number of rotatable bonds is 19. The fourth-order valence-corrected chi connectivity index (χ4v) is 3.63. The highest BCUT2D eigenvalue weighted by atomic mass is 16.5. The fraction of sp³-hybridized carbons (Fsp3) is 0.720. The van der Waals surface area contributed by atoms with Gasteiger partial charge in [-0.05, 0) is 18.4 Å². The molecule has 0 amide bonds. The molecule has 0 fully saturated rings. The van der Waals surface area contributed by atoms with Crippen molar-refractivity contribution in [2.75, 3.05) is 0 Å². The summed E-state index contributed by atoms with van der Waals surface area (Å²) < 4.78 is 5.97. The lowest BCUT2D eigenvalue weighted by molar-refractivity contribution is -0.138. The average molecular weight is 407 g/mol. The minimum Gasteiger partial charge on any atom is -0.481 e. The first kappa shape index (κ1) is 25.6. The molecule has 0 radical (unpaired) electrons. The highest BCUT2D eigenvalue weighted by molar-refractivity contribution is 5.66. The summed E-state index contributed by atoms with van der Waals surface area (Å²) in [5, 5.41) is 19.3. The van der Waals surface area contributed by atoms with Gasteiger partial charge < -0.3 is 14.9 Å². The predicted molar refractivity (Wildman–Crippen MR) is 119 cm³/mol. The van der Waals surface area contributed by atoms with E-state index in [1.807, 2.05) is 30.3 Å². The number of carboxylic acid groups (broad SMARTS) is 1. The molecule has 2 N–H and O–H groups in total. The number of benzene rings is 1. The van der Waals surface area contributed by atoms with Crippen molar-refractivity contribution < 1.29 is 19.7 Å². The van der Waals surface area contributed by atoms with E-state index >= 15 is 0 Å². The highest BCUT2D eigenvalue weighted by Gasteiger charge is 2.20. The Kier molecular flexibility index (Phi) is 15.4. The van der Waals surface area contributed by atoms with E-state index in [0.717, 1.165) is 24.8 Å². The van der Waals surface area contributed by atoms with Crippen molar-refractivity contribution in [2.45, 2.75) is 116 Å². The molecule has 0 aromatic heterocycles. The van der Waals surface area contributed by atoms with Crippen LogP contribution in [0, 0.1) is 0 Å². The third-order valence-electron chi connectivity index (χ3n) is 5.48. The topological polar surface area (TPSA) is 66.8 Å². The Balaban J connectivity index is 2.21. The molecule has 0 saturated heterocycles. The van der Waals surface area contributed by atoms with E-state index in [-0.39, 0.29) is 18.9 Å². The summed E-state index contributed by atoms with van der Waals surface area (Å²) in [4.78, 5) is 10.8. The summed E-state index contributed by atoms with van der Waals surface area (Å²) in [6.45, 7) is 2.70. The zero-order valence-corrected chi connectivity index (χ0v) is 18.4. The molecule has 0 spiro atoms. The standard InChI is InChI=1S/C25H42O4/c1-2-3-4-5-6-7-8-9-10-11-15-18-24(23(26)19-20-25(27)28)29-21-22-16-13-12-14-17-22/h12-14,16-17,23-24,26H,2-11,15,18-21H2,1H3,(H,27,28). The van der Waals surface area contributed by atoms with Crippen molar-refractivity contribution in [1.29, 1.82) is 0 Å². The lowest BCUT2D eigenvalue weighted by atomic mass is 10.0. The van der Waals surface area contributed by atoms with E-state index in [0.29, 0.717) is 6.61 Å². The van der Waals surface area contributed by atoms with Crippen LogP contribution in [0.3, 0.4) is 0 Å². The molecule has 4 heteroatoms. The van der Waals surface area contributed by atoms with Crippen LogP contribution in [0.15, 0.2) is 30.3 Å². The Morgan fingerprint density at radius 1 is 0.862 bits per heavy atom. The molecule has 0 heterocycles. The van der Waals surface area contributed by atoms with E-state index in [1.165, 1.54) is 57.8 Å². The molecule has 29 heavy (non-hydrogen) atoms. The van der Waals surface area contributed by atoms with Gasteiger partial charge in [-0.1, -0.05) is 108 Å². The Labute approximate surface area is 177 Å². The molecule has 2 unspecified atom stereocenters. The number of hydrogen-bond acceptors (Lipinski definition) is 3. The predicted octanol–water partition coefficient (Wildman–Crippen LogP) is 6.50. The number of carbonyl (C=O) groups is 1. The van der Waals surface area contributed by atoms with Crippen molar-refractivity contribution in [3.8, 4) is 0 Å². The van der Waals surface area contributed by atoms with Crippen LogP contribution in [0.4, 0.5) is 0 Å². The SMILES string of the molecule is CCCCCCCCCCCCCC(OCc1ccccc1)C(O)CCC(=O)O. The molecule has 0 saturated carbocycles. The van der Waals surface area contributed by atoms with Gasteiger partial charge in [-0.25, -0.2) is 0 Å². The Hall–Kier alpha value is -1.39. The summed E-state index contributed by atoms with van der Waals surface area (Å²) in [5.74, 6) is -0.874. The molecule has 1 rings (SSSR count). The van der Waals surface area contributed by atoms with Crippen LogP contribution in [-0.4, -0.2) is 28.4 Å². The zero-order valence-electron chi connectivity index (χ0n) is 18.4. The second kappa shape index (κ2) is 17.5. The second-order valence-electron chi connectivity index (χ2n) is 8.16. The fourth-order valence-electron chi connectivity index (χ4n) is 3.63. The van der Waals surface area contributed by atoms with Gasteiger partial charge in [-0.2, -0.15) is 0 Å². The average Bonchev–Trinajstić information content (AvgIpc) is 2.73. The Morgan fingerprint density at radius 3 is 1.97 bits per heavy atom. The molecule has 2 atom stereocenters. The maximum absolute atomic E-state index is 10.8. The number of aliphatic hydroxyl groups is 1. The Morgan fingerprint density at radius 2 is 1.41 bits per heavy atom. The Bertz CT molecular complexity index is 503. The summed E-state index contributed by atoms with van der Waals surface area (Å²) >= 11 is 0. The summed E-state index contributed by atoms with van der Waals surface area (Å²) in [5.41, 5.74) is 1.07. The number of hydrogen-bond donors (Lipinski definition) is 2. The monoisotopic (exact) mass is 406 g/mol. The smallest absolute Gasteiger partial charge is 0.303 e. The van der Waals surface area contributed by atoms with Gasteiger partial charge in [0.15, 0.2) is 0 Å². The first-order valence-electron chi connectivity index (χ1n) is 11.7. The molecular weight excluding hydrogens is 364 g/mol. The molecule has 1 aromatic carbocycles. The molecule has 166 valence electrons. The van der Waals surface area contributed by atoms with Gasteiger partial charge in [0.05, 0.1) is 18.8 Å². The molecule has 4 nitrogen and oxygen atoms in total. The third-order valence-corrected chi connectivity index (χ3v) is 5.48. The van der Waals surface area contributed by atoms with Crippen LogP contribution in [0.1, 0.15) is 102 Å². The van der Waals surface area contributed by atoms with E-state index < -0.39 is 12.1 Å². The van der Waals surface area contributed by atoms with Gasteiger partial charge in [-0.3, -0.25) is 4.79 Å². The molecule has 0 bridgehead atoms. The van der Waals surface area contributed by atoms with Crippen LogP contribution in [-0.2, 0) is 16.1 Å². The van der Waals surface area contributed by atoms with Crippen molar-refractivity contribution in [3.05, 3.63) is 35.9 Å². The zero-order chi connectivity index (χ0) is 21.2. The lowest BCUT2D eigenvalue weighted by Gasteiger charge is -2.23. The van der Waals surface area contributed by atoms with Gasteiger partial charge in [0.25, 0.3) is 0 Å². The largest absolute Gasteiger partial charge is 0.481 e. The van der Waals surface area contributed by atoms with Crippen LogP contribution >= 0.6 is 0 Å². The van der Waals surface area contributed by atoms with Gasteiger partial charge in [0, 0.05) is 6.42 Å². The highest BCUT2D eigenvalue weighted by Crippen LogP contribution is 2.18. The van der Waals surface area contributed by atoms with Gasteiger partial charge in [0.1, 0.15) is 0 Å². The maximum Gasteiger partial charge on any atom is 0.303 e.